The normalized spacial score (nSPS) is 10.6. The Bertz CT molecular complexity index is 317. The van der Waals surface area contributed by atoms with Crippen LogP contribution in [0.2, 0.25) is 0 Å². The Morgan fingerprint density at radius 2 is 2.46 bits per heavy atom. The number of rotatable bonds is 3. The van der Waals surface area contributed by atoms with Gasteiger partial charge in [-0.15, -0.1) is 11.3 Å². The van der Waals surface area contributed by atoms with Crippen molar-refractivity contribution in [3.63, 3.8) is 0 Å². The van der Waals surface area contributed by atoms with E-state index in [1.54, 1.807) is 24.5 Å². The van der Waals surface area contributed by atoms with Crippen molar-refractivity contribution < 1.29 is 4.79 Å². The number of hydrazone groups is 1. The van der Waals surface area contributed by atoms with E-state index in [-0.39, 0.29) is 5.91 Å². The van der Waals surface area contributed by atoms with Gasteiger partial charge in [0.15, 0.2) is 0 Å². The minimum Gasteiger partial charge on any atom is -0.273 e. The molecule has 13 heavy (non-hydrogen) atoms. The summed E-state index contributed by atoms with van der Waals surface area (Å²) >= 11 is 1.65. The van der Waals surface area contributed by atoms with Crippen LogP contribution >= 0.6 is 11.3 Å². The highest BCUT2D eigenvalue weighted by Gasteiger charge is 1.93. The van der Waals surface area contributed by atoms with Gasteiger partial charge in [-0.1, -0.05) is 6.92 Å². The van der Waals surface area contributed by atoms with E-state index < -0.39 is 0 Å². The van der Waals surface area contributed by atoms with Crippen molar-refractivity contribution in [3.8, 4) is 0 Å². The summed E-state index contributed by atoms with van der Waals surface area (Å²) < 4.78 is 0. The third kappa shape index (κ3) is 3.38. The molecule has 0 saturated carbocycles. The van der Waals surface area contributed by atoms with Crippen molar-refractivity contribution in [2.75, 3.05) is 0 Å². The lowest BCUT2D eigenvalue weighted by Gasteiger charge is -1.91. The van der Waals surface area contributed by atoms with Crippen molar-refractivity contribution >= 4 is 23.5 Å². The van der Waals surface area contributed by atoms with E-state index >= 15 is 0 Å². The van der Waals surface area contributed by atoms with Crippen LogP contribution in [0.3, 0.4) is 0 Å². The van der Waals surface area contributed by atoms with Crippen LogP contribution in [0.5, 0.6) is 0 Å². The number of carbonyl (C=O) groups excluding carboxylic acids is 1. The minimum atomic E-state index is -0.0653. The molecule has 0 radical (unpaired) electrons. The molecule has 0 aliphatic rings. The average Bonchev–Trinajstić information content (AvgIpc) is 2.51. The van der Waals surface area contributed by atoms with Gasteiger partial charge in [0.1, 0.15) is 0 Å². The molecule has 1 heterocycles. The molecule has 0 aliphatic carbocycles. The number of nitrogens with one attached hydrogen (secondary N) is 1. The molecule has 3 nitrogen and oxygen atoms in total. The van der Waals surface area contributed by atoms with Crippen LogP contribution in [0.25, 0.3) is 0 Å². The molecule has 70 valence electrons. The number of nitrogens with zero attached hydrogens (tertiary/aromatic N) is 1. The molecule has 0 fully saturated rings. The topological polar surface area (TPSA) is 41.5 Å². The summed E-state index contributed by atoms with van der Waals surface area (Å²) in [7, 11) is 0. The van der Waals surface area contributed by atoms with Gasteiger partial charge in [-0.2, -0.15) is 5.10 Å². The lowest BCUT2D eigenvalue weighted by molar-refractivity contribution is -0.120. The van der Waals surface area contributed by atoms with Gasteiger partial charge in [0, 0.05) is 16.2 Å². The van der Waals surface area contributed by atoms with Gasteiger partial charge in [-0.05, 0) is 19.1 Å². The molecule has 0 atom stereocenters. The number of hydrogen-bond acceptors (Lipinski definition) is 3. The van der Waals surface area contributed by atoms with Gasteiger partial charge in [0.05, 0.1) is 6.21 Å². The molecule has 1 rings (SSSR count). The monoisotopic (exact) mass is 196 g/mol. The molecule has 1 aromatic heterocycles. The summed E-state index contributed by atoms with van der Waals surface area (Å²) in [6, 6.07) is 4.00. The number of amides is 1. The second kappa shape index (κ2) is 4.77. The maximum Gasteiger partial charge on any atom is 0.239 e. The third-order valence-electron chi connectivity index (χ3n) is 1.46. The Labute approximate surface area is 81.5 Å². The highest BCUT2D eigenvalue weighted by molar-refractivity contribution is 7.13. The quantitative estimate of drug-likeness (QED) is 0.582. The second-order valence-electron chi connectivity index (χ2n) is 2.60. The van der Waals surface area contributed by atoms with Crippen molar-refractivity contribution in [1.29, 1.82) is 0 Å². The molecule has 1 N–H and O–H groups in total. The van der Waals surface area contributed by atoms with E-state index in [0.29, 0.717) is 6.42 Å². The largest absolute Gasteiger partial charge is 0.273 e. The molecule has 0 unspecified atom stereocenters. The summed E-state index contributed by atoms with van der Waals surface area (Å²) in [4.78, 5) is 13.1. The maximum absolute atomic E-state index is 10.8. The van der Waals surface area contributed by atoms with E-state index in [1.165, 1.54) is 4.88 Å². The van der Waals surface area contributed by atoms with E-state index in [2.05, 4.69) is 10.5 Å². The Morgan fingerprint density at radius 1 is 1.69 bits per heavy atom. The Kier molecular flexibility index (Phi) is 3.64. The van der Waals surface area contributed by atoms with Crippen LogP contribution in [0.15, 0.2) is 17.2 Å². The van der Waals surface area contributed by atoms with Crippen molar-refractivity contribution in [3.05, 3.63) is 21.9 Å². The first kappa shape index (κ1) is 9.92. The Balaban J connectivity index is 2.45. The zero-order chi connectivity index (χ0) is 9.68. The predicted octanol–water partition coefficient (Wildman–Crippen LogP) is 1.92. The minimum absolute atomic E-state index is 0.0653. The smallest absolute Gasteiger partial charge is 0.239 e. The highest BCUT2D eigenvalue weighted by atomic mass is 32.1. The number of hydrogen-bond donors (Lipinski definition) is 1. The SMILES string of the molecule is CCC(=O)NN=Cc1ccc(C)s1. The molecule has 1 amide bonds. The molecule has 4 heteroatoms. The number of thiophene rings is 1. The summed E-state index contributed by atoms with van der Waals surface area (Å²) in [6.07, 6.45) is 2.12. The average molecular weight is 196 g/mol. The molecule has 0 spiro atoms. The molecule has 0 bridgehead atoms. The molecule has 1 aromatic rings. The van der Waals surface area contributed by atoms with Crippen molar-refractivity contribution in [2.24, 2.45) is 5.10 Å². The van der Waals surface area contributed by atoms with Crippen molar-refractivity contribution in [2.45, 2.75) is 20.3 Å². The van der Waals surface area contributed by atoms with Gasteiger partial charge >= 0.3 is 0 Å². The van der Waals surface area contributed by atoms with Gasteiger partial charge in [-0.3, -0.25) is 4.79 Å². The Morgan fingerprint density at radius 3 is 3.00 bits per heavy atom. The third-order valence-corrected chi connectivity index (χ3v) is 2.40. The Hall–Kier alpha value is -1.16. The van der Waals surface area contributed by atoms with Crippen LogP contribution in [0.1, 0.15) is 23.1 Å². The second-order valence-corrected chi connectivity index (χ2v) is 3.91. The van der Waals surface area contributed by atoms with Gasteiger partial charge in [0.2, 0.25) is 5.91 Å². The molecule has 0 aliphatic heterocycles. The summed E-state index contributed by atoms with van der Waals surface area (Å²) in [6.45, 7) is 3.83. The van der Waals surface area contributed by atoms with Crippen LogP contribution in [-0.4, -0.2) is 12.1 Å². The van der Waals surface area contributed by atoms with E-state index in [0.717, 1.165) is 4.88 Å². The van der Waals surface area contributed by atoms with Gasteiger partial charge in [-0.25, -0.2) is 5.43 Å². The van der Waals surface area contributed by atoms with Crippen LogP contribution in [0.4, 0.5) is 0 Å². The van der Waals surface area contributed by atoms with Crippen LogP contribution in [0, 0.1) is 6.92 Å². The van der Waals surface area contributed by atoms with Crippen LogP contribution < -0.4 is 5.43 Å². The number of aryl methyl sites for hydroxylation is 1. The maximum atomic E-state index is 10.8. The summed E-state index contributed by atoms with van der Waals surface area (Å²) in [5, 5.41) is 3.81. The molecule has 0 saturated heterocycles. The first-order valence-electron chi connectivity index (χ1n) is 4.10. The summed E-state index contributed by atoms with van der Waals surface area (Å²) in [5.74, 6) is -0.0653. The fourth-order valence-corrected chi connectivity index (χ4v) is 1.52. The van der Waals surface area contributed by atoms with E-state index in [9.17, 15) is 4.79 Å². The lowest BCUT2D eigenvalue weighted by Crippen LogP contribution is -2.15. The lowest BCUT2D eigenvalue weighted by atomic mass is 10.4. The standard InChI is InChI=1S/C9H12N2OS/c1-3-9(12)11-10-6-8-5-4-7(2)13-8/h4-6H,3H2,1-2H3,(H,11,12). The zero-order valence-corrected chi connectivity index (χ0v) is 8.52. The van der Waals surface area contributed by atoms with Crippen LogP contribution in [-0.2, 0) is 4.79 Å². The van der Waals surface area contributed by atoms with E-state index in [1.807, 2.05) is 19.1 Å². The van der Waals surface area contributed by atoms with E-state index in [4.69, 9.17) is 0 Å². The highest BCUT2D eigenvalue weighted by Crippen LogP contribution is 2.12. The predicted molar refractivity (Wildman–Crippen MR) is 55.1 cm³/mol. The molecule has 0 aromatic carbocycles. The zero-order valence-electron chi connectivity index (χ0n) is 7.70. The first-order valence-corrected chi connectivity index (χ1v) is 4.92. The van der Waals surface area contributed by atoms with Crippen molar-refractivity contribution in [1.82, 2.24) is 5.43 Å². The fourth-order valence-electron chi connectivity index (χ4n) is 0.770. The summed E-state index contributed by atoms with van der Waals surface area (Å²) in [5.41, 5.74) is 2.43. The fraction of sp³-hybridized carbons (Fsp3) is 0.333. The van der Waals surface area contributed by atoms with Gasteiger partial charge < -0.3 is 0 Å². The molecular formula is C9H12N2OS. The van der Waals surface area contributed by atoms with Gasteiger partial charge in [0.25, 0.3) is 0 Å². The molecular weight excluding hydrogens is 184 g/mol. The number of carbonyl (C=O) groups is 1. The first-order chi connectivity index (χ1) is 6.22.